The number of amides is 1. The molecule has 1 amide bonds. The third kappa shape index (κ3) is 3.50. The lowest BCUT2D eigenvalue weighted by Crippen LogP contribution is -2.23. The molecule has 0 aromatic heterocycles. The number of benzene rings is 1. The first-order valence-electron chi connectivity index (χ1n) is 6.42. The van der Waals surface area contributed by atoms with Crippen LogP contribution in [0.2, 0.25) is 0 Å². The monoisotopic (exact) mass is 261 g/mol. The molecule has 0 fully saturated rings. The fourth-order valence-electron chi connectivity index (χ4n) is 2.16. The first-order valence-corrected chi connectivity index (χ1v) is 6.42. The molecule has 0 unspecified atom stereocenters. The van der Waals surface area contributed by atoms with Crippen molar-refractivity contribution in [2.45, 2.75) is 19.3 Å². The number of carbonyl (C=O) groups is 1. The molecule has 0 bridgehead atoms. The Bertz CT molecular complexity index is 460. The molecular formula is C15H19NO3. The van der Waals surface area contributed by atoms with Gasteiger partial charge >= 0.3 is 0 Å². The van der Waals surface area contributed by atoms with Crippen molar-refractivity contribution in [3.8, 4) is 11.5 Å². The number of carbonyl (C=O) groups excluding carboxylic acids is 1. The molecule has 1 aliphatic rings. The van der Waals surface area contributed by atoms with Crippen LogP contribution >= 0.6 is 0 Å². The molecule has 0 saturated carbocycles. The van der Waals surface area contributed by atoms with Crippen molar-refractivity contribution in [1.29, 1.82) is 0 Å². The van der Waals surface area contributed by atoms with Crippen LogP contribution in [0.3, 0.4) is 0 Å². The van der Waals surface area contributed by atoms with E-state index in [0.29, 0.717) is 17.2 Å². The normalized spacial score (nSPS) is 17.9. The number of hydrogen-bond acceptors (Lipinski definition) is 3. The Morgan fingerprint density at radius 2 is 1.84 bits per heavy atom. The minimum absolute atomic E-state index is 0.0552. The summed E-state index contributed by atoms with van der Waals surface area (Å²) in [6.07, 6.45) is 6.88. The second kappa shape index (κ2) is 6.27. The van der Waals surface area contributed by atoms with Gasteiger partial charge in [0, 0.05) is 29.8 Å². The molecule has 4 nitrogen and oxygen atoms in total. The van der Waals surface area contributed by atoms with E-state index in [1.54, 1.807) is 32.4 Å². The molecule has 1 aromatic carbocycles. The number of allylic oxidation sites excluding steroid dienone is 2. The van der Waals surface area contributed by atoms with E-state index in [2.05, 4.69) is 17.5 Å². The van der Waals surface area contributed by atoms with E-state index in [4.69, 9.17) is 9.47 Å². The van der Waals surface area contributed by atoms with Crippen LogP contribution in [0.25, 0.3) is 0 Å². The topological polar surface area (TPSA) is 47.6 Å². The highest BCUT2D eigenvalue weighted by Gasteiger charge is 2.19. The summed E-state index contributed by atoms with van der Waals surface area (Å²) in [5.41, 5.74) is 0.704. The average Bonchev–Trinajstić information content (AvgIpc) is 2.47. The Morgan fingerprint density at radius 3 is 2.37 bits per heavy atom. The molecule has 19 heavy (non-hydrogen) atoms. The largest absolute Gasteiger partial charge is 0.497 e. The summed E-state index contributed by atoms with van der Waals surface area (Å²) < 4.78 is 10.4. The highest BCUT2D eigenvalue weighted by molar-refractivity contribution is 5.93. The molecule has 0 aliphatic heterocycles. The summed E-state index contributed by atoms with van der Waals surface area (Å²) in [6, 6.07) is 5.36. The van der Waals surface area contributed by atoms with E-state index >= 15 is 0 Å². The van der Waals surface area contributed by atoms with Gasteiger partial charge < -0.3 is 14.8 Å². The quantitative estimate of drug-likeness (QED) is 0.847. The van der Waals surface area contributed by atoms with Gasteiger partial charge in [0.2, 0.25) is 5.91 Å². The summed E-state index contributed by atoms with van der Waals surface area (Å²) in [5, 5.41) is 2.93. The zero-order valence-corrected chi connectivity index (χ0v) is 11.3. The Kier molecular flexibility index (Phi) is 4.44. The molecule has 1 aromatic rings. The van der Waals surface area contributed by atoms with Gasteiger partial charge in [-0.15, -0.1) is 0 Å². The summed E-state index contributed by atoms with van der Waals surface area (Å²) in [5.74, 6) is 1.44. The predicted molar refractivity (Wildman–Crippen MR) is 74.7 cm³/mol. The van der Waals surface area contributed by atoms with Crippen molar-refractivity contribution in [2.24, 2.45) is 5.92 Å². The van der Waals surface area contributed by atoms with Crippen LogP contribution in [0.15, 0.2) is 30.4 Å². The number of ether oxygens (including phenoxy) is 2. The zero-order chi connectivity index (χ0) is 13.7. The summed E-state index contributed by atoms with van der Waals surface area (Å²) in [7, 11) is 3.18. The van der Waals surface area contributed by atoms with E-state index in [-0.39, 0.29) is 11.8 Å². The number of nitrogens with one attached hydrogen (secondary N) is 1. The van der Waals surface area contributed by atoms with E-state index < -0.39 is 0 Å². The molecule has 0 radical (unpaired) electrons. The zero-order valence-electron chi connectivity index (χ0n) is 11.3. The van der Waals surface area contributed by atoms with Crippen LogP contribution in [0, 0.1) is 5.92 Å². The molecule has 1 atom stereocenters. The third-order valence-electron chi connectivity index (χ3n) is 3.26. The van der Waals surface area contributed by atoms with Gasteiger partial charge in [0.05, 0.1) is 14.2 Å². The first-order chi connectivity index (χ1) is 9.22. The van der Waals surface area contributed by atoms with E-state index in [0.717, 1.165) is 19.3 Å². The van der Waals surface area contributed by atoms with Crippen LogP contribution in [0.1, 0.15) is 19.3 Å². The number of rotatable bonds is 4. The molecule has 0 spiro atoms. The smallest absolute Gasteiger partial charge is 0.227 e. The lowest BCUT2D eigenvalue weighted by Gasteiger charge is -2.17. The van der Waals surface area contributed by atoms with Crippen LogP contribution < -0.4 is 14.8 Å². The molecule has 1 N–H and O–H groups in total. The van der Waals surface area contributed by atoms with Crippen molar-refractivity contribution < 1.29 is 14.3 Å². The number of hydrogen-bond donors (Lipinski definition) is 1. The van der Waals surface area contributed by atoms with Gasteiger partial charge in [0.1, 0.15) is 11.5 Å². The van der Waals surface area contributed by atoms with E-state index in [1.807, 2.05) is 0 Å². The second-order valence-electron chi connectivity index (χ2n) is 4.57. The standard InChI is InChI=1S/C15H19NO3/c1-18-13-8-12(9-14(10-13)19-2)16-15(17)11-6-4-3-5-7-11/h3-4,8-11H,5-7H2,1-2H3,(H,16,17)/t11-/m1/s1. The first kappa shape index (κ1) is 13.5. The fraction of sp³-hybridized carbons (Fsp3) is 0.400. The van der Waals surface area contributed by atoms with E-state index in [9.17, 15) is 4.79 Å². The van der Waals surface area contributed by atoms with Crippen molar-refractivity contribution >= 4 is 11.6 Å². The summed E-state index contributed by atoms with van der Waals surface area (Å²) >= 11 is 0. The Labute approximate surface area is 113 Å². The van der Waals surface area contributed by atoms with Gasteiger partial charge in [0.25, 0.3) is 0 Å². The lowest BCUT2D eigenvalue weighted by molar-refractivity contribution is -0.120. The van der Waals surface area contributed by atoms with Crippen molar-refractivity contribution in [1.82, 2.24) is 0 Å². The maximum atomic E-state index is 12.1. The lowest BCUT2D eigenvalue weighted by atomic mass is 9.93. The van der Waals surface area contributed by atoms with Gasteiger partial charge in [-0.25, -0.2) is 0 Å². The van der Waals surface area contributed by atoms with Crippen LogP contribution in [0.4, 0.5) is 5.69 Å². The second-order valence-corrected chi connectivity index (χ2v) is 4.57. The maximum absolute atomic E-state index is 12.1. The van der Waals surface area contributed by atoms with Crippen LogP contribution in [0.5, 0.6) is 11.5 Å². The maximum Gasteiger partial charge on any atom is 0.227 e. The highest BCUT2D eigenvalue weighted by Crippen LogP contribution is 2.27. The Morgan fingerprint density at radius 1 is 1.16 bits per heavy atom. The molecule has 4 heteroatoms. The summed E-state index contributed by atoms with van der Waals surface area (Å²) in [6.45, 7) is 0. The fourth-order valence-corrected chi connectivity index (χ4v) is 2.16. The predicted octanol–water partition coefficient (Wildman–Crippen LogP) is 3.00. The van der Waals surface area contributed by atoms with Gasteiger partial charge in [-0.1, -0.05) is 12.2 Å². The minimum atomic E-state index is 0.0552. The van der Waals surface area contributed by atoms with Gasteiger partial charge in [0.15, 0.2) is 0 Å². The highest BCUT2D eigenvalue weighted by atomic mass is 16.5. The molecular weight excluding hydrogens is 242 g/mol. The van der Waals surface area contributed by atoms with Gasteiger partial charge in [-0.05, 0) is 19.3 Å². The molecule has 0 saturated heterocycles. The third-order valence-corrected chi connectivity index (χ3v) is 3.26. The Hall–Kier alpha value is -1.97. The van der Waals surface area contributed by atoms with Crippen LogP contribution in [-0.4, -0.2) is 20.1 Å². The molecule has 0 heterocycles. The average molecular weight is 261 g/mol. The van der Waals surface area contributed by atoms with Gasteiger partial charge in [-0.3, -0.25) is 4.79 Å². The minimum Gasteiger partial charge on any atom is -0.497 e. The number of anilines is 1. The van der Waals surface area contributed by atoms with Gasteiger partial charge in [-0.2, -0.15) is 0 Å². The summed E-state index contributed by atoms with van der Waals surface area (Å²) in [4.78, 5) is 12.1. The molecule has 2 rings (SSSR count). The molecule has 102 valence electrons. The van der Waals surface area contributed by atoms with E-state index in [1.165, 1.54) is 0 Å². The molecule has 1 aliphatic carbocycles. The van der Waals surface area contributed by atoms with Crippen molar-refractivity contribution in [3.05, 3.63) is 30.4 Å². The number of methoxy groups -OCH3 is 2. The SMILES string of the molecule is COc1cc(NC(=O)[C@@H]2CC=CCC2)cc(OC)c1. The van der Waals surface area contributed by atoms with Crippen molar-refractivity contribution in [2.75, 3.05) is 19.5 Å². The van der Waals surface area contributed by atoms with Crippen molar-refractivity contribution in [3.63, 3.8) is 0 Å². The Balaban J connectivity index is 2.09. The van der Waals surface area contributed by atoms with Crippen LogP contribution in [-0.2, 0) is 4.79 Å².